The van der Waals surface area contributed by atoms with Gasteiger partial charge in [0.1, 0.15) is 0 Å². The third-order valence-electron chi connectivity index (χ3n) is 4.80. The molecule has 0 aliphatic carbocycles. The van der Waals surface area contributed by atoms with E-state index in [2.05, 4.69) is 39.9 Å². The molecule has 0 aromatic heterocycles. The average Bonchev–Trinajstić information content (AvgIpc) is 2.28. The van der Waals surface area contributed by atoms with Crippen molar-refractivity contribution < 1.29 is 9.47 Å². The zero-order chi connectivity index (χ0) is 13.4. The molecule has 3 unspecified atom stereocenters. The molecule has 1 N–H and O–H groups in total. The van der Waals surface area contributed by atoms with E-state index >= 15 is 0 Å². The molecule has 2 saturated heterocycles. The summed E-state index contributed by atoms with van der Waals surface area (Å²) in [5.74, 6) is 1.10. The maximum atomic E-state index is 6.60. The third kappa shape index (κ3) is 2.73. The average molecular weight is 255 g/mol. The molecular weight excluding hydrogens is 226 g/mol. The summed E-state index contributed by atoms with van der Waals surface area (Å²) in [7, 11) is 0. The first kappa shape index (κ1) is 14.3. The molecule has 2 aliphatic rings. The molecule has 0 aromatic carbocycles. The minimum absolute atomic E-state index is 0.00947. The van der Waals surface area contributed by atoms with E-state index in [-0.39, 0.29) is 11.2 Å². The monoisotopic (exact) mass is 255 g/mol. The lowest BCUT2D eigenvalue weighted by atomic mass is 9.81. The van der Waals surface area contributed by atoms with E-state index in [1.165, 1.54) is 0 Å². The quantitative estimate of drug-likeness (QED) is 0.822. The Bertz CT molecular complexity index is 288. The van der Waals surface area contributed by atoms with Gasteiger partial charge in [-0.1, -0.05) is 27.7 Å². The minimum atomic E-state index is -0.0445. The lowest BCUT2D eigenvalue weighted by Gasteiger charge is -2.52. The van der Waals surface area contributed by atoms with Gasteiger partial charge in [-0.2, -0.15) is 0 Å². The van der Waals surface area contributed by atoms with Gasteiger partial charge in [-0.15, -0.1) is 0 Å². The number of morpholine rings is 1. The van der Waals surface area contributed by atoms with Crippen molar-refractivity contribution in [3.63, 3.8) is 0 Å². The second kappa shape index (κ2) is 5.10. The van der Waals surface area contributed by atoms with Gasteiger partial charge in [-0.25, -0.2) is 0 Å². The lowest BCUT2D eigenvalue weighted by molar-refractivity contribution is -0.230. The van der Waals surface area contributed by atoms with Crippen LogP contribution in [0.1, 0.15) is 47.5 Å². The van der Waals surface area contributed by atoms with Gasteiger partial charge in [0.2, 0.25) is 0 Å². The molecule has 0 saturated carbocycles. The summed E-state index contributed by atoms with van der Waals surface area (Å²) in [5.41, 5.74) is -0.0540. The van der Waals surface area contributed by atoms with E-state index < -0.39 is 0 Å². The molecule has 0 bridgehead atoms. The van der Waals surface area contributed by atoms with E-state index in [4.69, 9.17) is 9.47 Å². The van der Waals surface area contributed by atoms with Crippen molar-refractivity contribution in [3.8, 4) is 0 Å². The molecular formula is C15H29NO2. The van der Waals surface area contributed by atoms with E-state index in [9.17, 15) is 0 Å². The number of ether oxygens (including phenoxy) is 2. The maximum Gasteiger partial charge on any atom is 0.0861 e. The zero-order valence-electron chi connectivity index (χ0n) is 12.6. The topological polar surface area (TPSA) is 30.5 Å². The first-order valence-corrected chi connectivity index (χ1v) is 7.39. The van der Waals surface area contributed by atoms with Crippen LogP contribution in [0.4, 0.5) is 0 Å². The summed E-state index contributed by atoms with van der Waals surface area (Å²) < 4.78 is 12.5. The van der Waals surface area contributed by atoms with E-state index in [0.29, 0.717) is 17.9 Å². The highest BCUT2D eigenvalue weighted by molar-refractivity contribution is 4.99. The lowest BCUT2D eigenvalue weighted by Crippen LogP contribution is -2.63. The SMILES string of the molecule is CC(C)C1CC2(CCO1)CNCC(C)(C(C)C)O2. The molecule has 3 heteroatoms. The molecule has 2 heterocycles. The van der Waals surface area contributed by atoms with E-state index in [0.717, 1.165) is 32.5 Å². The molecule has 2 aliphatic heterocycles. The molecule has 0 radical (unpaired) electrons. The second-order valence-electron chi connectivity index (χ2n) is 6.96. The van der Waals surface area contributed by atoms with Crippen LogP contribution in [0.25, 0.3) is 0 Å². The predicted octanol–water partition coefficient (Wildman–Crippen LogP) is 2.59. The summed E-state index contributed by atoms with van der Waals surface area (Å²) in [6.45, 7) is 14.0. The summed E-state index contributed by atoms with van der Waals surface area (Å²) in [4.78, 5) is 0. The van der Waals surface area contributed by atoms with Crippen molar-refractivity contribution >= 4 is 0 Å². The second-order valence-corrected chi connectivity index (χ2v) is 6.96. The first-order chi connectivity index (χ1) is 8.37. The Balaban J connectivity index is 2.10. The van der Waals surface area contributed by atoms with Crippen LogP contribution in [-0.4, -0.2) is 37.0 Å². The molecule has 2 fully saturated rings. The Labute approximate surface area is 112 Å². The number of hydrogen-bond donors (Lipinski definition) is 1. The Hall–Kier alpha value is -0.120. The summed E-state index contributed by atoms with van der Waals surface area (Å²) in [5, 5.41) is 3.60. The Morgan fingerprint density at radius 3 is 2.50 bits per heavy atom. The molecule has 0 amide bonds. The van der Waals surface area contributed by atoms with Gasteiger partial charge < -0.3 is 14.8 Å². The van der Waals surface area contributed by atoms with Gasteiger partial charge in [-0.3, -0.25) is 0 Å². The molecule has 18 heavy (non-hydrogen) atoms. The van der Waals surface area contributed by atoms with Gasteiger partial charge in [0.15, 0.2) is 0 Å². The summed E-state index contributed by atoms with van der Waals surface area (Å²) >= 11 is 0. The van der Waals surface area contributed by atoms with Crippen LogP contribution in [0.2, 0.25) is 0 Å². The Kier molecular flexibility index (Phi) is 4.05. The predicted molar refractivity (Wildman–Crippen MR) is 73.7 cm³/mol. The highest BCUT2D eigenvalue weighted by Crippen LogP contribution is 2.39. The van der Waals surface area contributed by atoms with Crippen LogP contribution in [0.15, 0.2) is 0 Å². The molecule has 106 valence electrons. The Morgan fingerprint density at radius 2 is 1.89 bits per heavy atom. The van der Waals surface area contributed by atoms with Gasteiger partial charge in [0, 0.05) is 32.5 Å². The highest BCUT2D eigenvalue weighted by atomic mass is 16.5. The van der Waals surface area contributed by atoms with Crippen molar-refractivity contribution in [2.24, 2.45) is 11.8 Å². The van der Waals surface area contributed by atoms with E-state index in [1.54, 1.807) is 0 Å². The zero-order valence-corrected chi connectivity index (χ0v) is 12.6. The van der Waals surface area contributed by atoms with Crippen molar-refractivity contribution in [1.29, 1.82) is 0 Å². The van der Waals surface area contributed by atoms with Gasteiger partial charge >= 0.3 is 0 Å². The van der Waals surface area contributed by atoms with Gasteiger partial charge in [-0.05, 0) is 18.8 Å². The minimum Gasteiger partial charge on any atom is -0.378 e. The first-order valence-electron chi connectivity index (χ1n) is 7.39. The Morgan fingerprint density at radius 1 is 1.17 bits per heavy atom. The van der Waals surface area contributed by atoms with Crippen LogP contribution in [-0.2, 0) is 9.47 Å². The fourth-order valence-electron chi connectivity index (χ4n) is 3.03. The van der Waals surface area contributed by atoms with Gasteiger partial charge in [0.05, 0.1) is 17.3 Å². The standard InChI is InChI=1S/C15H29NO2/c1-11(2)13-8-15(6-7-17-13)10-16-9-14(5,18-15)12(3)4/h11-13,16H,6-10H2,1-5H3. The molecule has 2 rings (SSSR count). The number of nitrogens with one attached hydrogen (secondary N) is 1. The van der Waals surface area contributed by atoms with Gasteiger partial charge in [0.25, 0.3) is 0 Å². The maximum absolute atomic E-state index is 6.60. The molecule has 3 atom stereocenters. The van der Waals surface area contributed by atoms with Crippen molar-refractivity contribution in [1.82, 2.24) is 5.32 Å². The van der Waals surface area contributed by atoms with Crippen LogP contribution in [0, 0.1) is 11.8 Å². The molecule has 0 aromatic rings. The third-order valence-corrected chi connectivity index (χ3v) is 4.80. The van der Waals surface area contributed by atoms with Crippen molar-refractivity contribution in [2.75, 3.05) is 19.7 Å². The van der Waals surface area contributed by atoms with Crippen molar-refractivity contribution in [3.05, 3.63) is 0 Å². The number of rotatable bonds is 2. The van der Waals surface area contributed by atoms with Crippen molar-refractivity contribution in [2.45, 2.75) is 64.8 Å². The largest absolute Gasteiger partial charge is 0.378 e. The van der Waals surface area contributed by atoms with Crippen LogP contribution in [0.5, 0.6) is 0 Å². The normalized spacial score (nSPS) is 41.8. The smallest absolute Gasteiger partial charge is 0.0861 e. The van der Waals surface area contributed by atoms with Crippen LogP contribution < -0.4 is 5.32 Å². The summed E-state index contributed by atoms with van der Waals surface area (Å²) in [6, 6.07) is 0. The fraction of sp³-hybridized carbons (Fsp3) is 1.00. The van der Waals surface area contributed by atoms with Crippen LogP contribution in [0.3, 0.4) is 0 Å². The fourth-order valence-corrected chi connectivity index (χ4v) is 3.03. The summed E-state index contributed by atoms with van der Waals surface area (Å²) in [6.07, 6.45) is 2.39. The molecule has 1 spiro atoms. The van der Waals surface area contributed by atoms with Crippen LogP contribution >= 0.6 is 0 Å². The highest BCUT2D eigenvalue weighted by Gasteiger charge is 2.47. The van der Waals surface area contributed by atoms with E-state index in [1.807, 2.05) is 0 Å². The molecule has 3 nitrogen and oxygen atoms in total. The number of hydrogen-bond acceptors (Lipinski definition) is 3.